The number of nitrogens with one attached hydrogen (secondary N) is 2. The number of carbonyl (C=O) groups is 1. The van der Waals surface area contributed by atoms with Crippen LogP contribution in [0.5, 0.6) is 0 Å². The minimum atomic E-state index is -0.114. The number of amides is 1. The molecule has 2 heterocycles. The number of benzene rings is 3. The van der Waals surface area contributed by atoms with E-state index in [9.17, 15) is 4.79 Å². The number of hydrogen-bond donors (Lipinski definition) is 2. The van der Waals surface area contributed by atoms with Crippen LogP contribution >= 0.6 is 15.9 Å². The molecule has 1 saturated heterocycles. The average molecular weight is 503 g/mol. The molecule has 1 aliphatic heterocycles. The Morgan fingerprint density at radius 3 is 2.64 bits per heavy atom. The molecule has 0 spiro atoms. The van der Waals surface area contributed by atoms with Crippen molar-refractivity contribution >= 4 is 38.6 Å². The van der Waals surface area contributed by atoms with Crippen LogP contribution in [0.2, 0.25) is 0 Å². The molecule has 1 aromatic heterocycles. The van der Waals surface area contributed by atoms with E-state index in [1.165, 1.54) is 16.7 Å². The summed E-state index contributed by atoms with van der Waals surface area (Å²) in [4.78, 5) is 17.7. The Hall–Kier alpha value is -2.96. The van der Waals surface area contributed by atoms with Gasteiger partial charge in [-0.25, -0.2) is 4.98 Å². The third-order valence-electron chi connectivity index (χ3n) is 6.16. The fraction of sp³-hybridized carbons (Fsp3) is 0.259. The lowest BCUT2D eigenvalue weighted by atomic mass is 10.1. The third-order valence-corrected chi connectivity index (χ3v) is 6.93. The third kappa shape index (κ3) is 4.59. The molecule has 1 atom stereocenters. The first-order chi connectivity index (χ1) is 16.0. The molecule has 6 heteroatoms. The molecule has 1 amide bonds. The van der Waals surface area contributed by atoms with Gasteiger partial charge in [-0.15, -0.1) is 0 Å². The molecule has 0 aliphatic carbocycles. The van der Waals surface area contributed by atoms with Gasteiger partial charge in [0.2, 0.25) is 5.91 Å². The van der Waals surface area contributed by atoms with Crippen molar-refractivity contribution in [3.05, 3.63) is 81.8 Å². The summed E-state index contributed by atoms with van der Waals surface area (Å²) >= 11 is 3.70. The number of nitrogens with zero attached hydrogens (tertiary/aromatic N) is 2. The molecule has 0 saturated carbocycles. The fourth-order valence-corrected chi connectivity index (χ4v) is 5.03. The van der Waals surface area contributed by atoms with Gasteiger partial charge < -0.3 is 15.2 Å². The van der Waals surface area contributed by atoms with Crippen molar-refractivity contribution in [3.8, 4) is 11.4 Å². The normalized spacial score (nSPS) is 15.8. The first kappa shape index (κ1) is 21.9. The van der Waals surface area contributed by atoms with Crippen molar-refractivity contribution in [2.75, 3.05) is 11.9 Å². The Labute approximate surface area is 202 Å². The minimum Gasteiger partial charge on any atom is -0.325 e. The van der Waals surface area contributed by atoms with Crippen LogP contribution in [0.15, 0.2) is 65.1 Å². The van der Waals surface area contributed by atoms with E-state index in [2.05, 4.69) is 81.4 Å². The minimum absolute atomic E-state index is 0.0262. The summed E-state index contributed by atoms with van der Waals surface area (Å²) in [6.07, 6.45) is 1.92. The molecule has 0 bridgehead atoms. The fourth-order valence-electron chi connectivity index (χ4n) is 4.62. The monoisotopic (exact) mass is 502 g/mol. The Bertz CT molecular complexity index is 1320. The van der Waals surface area contributed by atoms with Gasteiger partial charge in [0.25, 0.3) is 0 Å². The van der Waals surface area contributed by atoms with E-state index in [0.29, 0.717) is 6.54 Å². The van der Waals surface area contributed by atoms with Gasteiger partial charge >= 0.3 is 0 Å². The zero-order chi connectivity index (χ0) is 22.9. The summed E-state index contributed by atoms with van der Waals surface area (Å²) < 4.78 is 3.31. The van der Waals surface area contributed by atoms with Crippen molar-refractivity contribution in [1.29, 1.82) is 0 Å². The number of carbonyl (C=O) groups excluding carboxylic acids is 1. The summed E-state index contributed by atoms with van der Waals surface area (Å²) in [6, 6.07) is 20.7. The zero-order valence-electron chi connectivity index (χ0n) is 18.9. The highest BCUT2D eigenvalue weighted by molar-refractivity contribution is 9.10. The van der Waals surface area contributed by atoms with E-state index >= 15 is 0 Å². The predicted molar refractivity (Wildman–Crippen MR) is 138 cm³/mol. The van der Waals surface area contributed by atoms with Crippen LogP contribution in [-0.2, 0) is 11.3 Å². The molecular formula is C27H27BrN4O. The van der Waals surface area contributed by atoms with Crippen molar-refractivity contribution in [3.63, 3.8) is 0 Å². The first-order valence-electron chi connectivity index (χ1n) is 11.3. The van der Waals surface area contributed by atoms with Gasteiger partial charge in [0.1, 0.15) is 5.82 Å². The molecule has 0 radical (unpaired) electrons. The van der Waals surface area contributed by atoms with Crippen molar-refractivity contribution in [2.45, 2.75) is 39.3 Å². The summed E-state index contributed by atoms with van der Waals surface area (Å²) in [5, 5.41) is 6.36. The second-order valence-corrected chi connectivity index (χ2v) is 9.69. The lowest BCUT2D eigenvalue weighted by molar-refractivity contribution is -0.117. The summed E-state index contributed by atoms with van der Waals surface area (Å²) in [5.74, 6) is 0.951. The summed E-state index contributed by atoms with van der Waals surface area (Å²) in [7, 11) is 0. The molecule has 1 unspecified atom stereocenters. The van der Waals surface area contributed by atoms with Gasteiger partial charge in [-0.1, -0.05) is 51.3 Å². The smallest absolute Gasteiger partial charge is 0.241 e. The van der Waals surface area contributed by atoms with E-state index < -0.39 is 0 Å². The number of imidazole rings is 1. The number of fused-ring (bicyclic) bond motifs is 1. The summed E-state index contributed by atoms with van der Waals surface area (Å²) in [5.41, 5.74) is 7.39. The summed E-state index contributed by atoms with van der Waals surface area (Å²) in [6.45, 7) is 5.79. The van der Waals surface area contributed by atoms with E-state index in [4.69, 9.17) is 4.98 Å². The molecule has 3 aromatic carbocycles. The van der Waals surface area contributed by atoms with Crippen molar-refractivity contribution in [1.82, 2.24) is 14.9 Å². The lowest BCUT2D eigenvalue weighted by Gasteiger charge is -2.14. The number of anilines is 1. The number of rotatable bonds is 5. The Morgan fingerprint density at radius 2 is 1.91 bits per heavy atom. The molecule has 2 N–H and O–H groups in total. The van der Waals surface area contributed by atoms with E-state index in [-0.39, 0.29) is 11.9 Å². The highest BCUT2D eigenvalue weighted by atomic mass is 79.9. The lowest BCUT2D eigenvalue weighted by Crippen LogP contribution is -2.35. The second kappa shape index (κ2) is 9.12. The largest absolute Gasteiger partial charge is 0.325 e. The van der Waals surface area contributed by atoms with Gasteiger partial charge in [-0.2, -0.15) is 0 Å². The quantitative estimate of drug-likeness (QED) is 0.361. The molecule has 33 heavy (non-hydrogen) atoms. The standard InChI is InChI=1S/C27H27BrN4O/c1-17-12-18(2)14-20(13-17)26-31-23-10-9-21(30-27(33)24-8-5-11-29-24)15-25(23)32(26)16-19-6-3-4-7-22(19)28/h3-4,6-7,9-10,12-15,24,29H,5,8,11,16H2,1-2H3,(H,30,33). The maximum Gasteiger partial charge on any atom is 0.241 e. The molecular weight excluding hydrogens is 476 g/mol. The maximum absolute atomic E-state index is 12.7. The number of hydrogen-bond acceptors (Lipinski definition) is 3. The van der Waals surface area contributed by atoms with Gasteiger partial charge in [0, 0.05) is 15.7 Å². The predicted octanol–water partition coefficient (Wildman–Crippen LogP) is 5.82. The molecule has 5 rings (SSSR count). The van der Waals surface area contributed by atoms with Gasteiger partial charge in [-0.05, 0) is 75.2 Å². The number of aryl methyl sites for hydroxylation is 2. The zero-order valence-corrected chi connectivity index (χ0v) is 20.4. The van der Waals surface area contributed by atoms with Crippen LogP contribution in [0.3, 0.4) is 0 Å². The average Bonchev–Trinajstić information content (AvgIpc) is 3.43. The molecule has 5 nitrogen and oxygen atoms in total. The Morgan fingerprint density at radius 1 is 1.12 bits per heavy atom. The molecule has 1 fully saturated rings. The van der Waals surface area contributed by atoms with Crippen molar-refractivity contribution < 1.29 is 4.79 Å². The Kier molecular flexibility index (Phi) is 6.04. The van der Waals surface area contributed by atoms with Gasteiger partial charge in [0.15, 0.2) is 0 Å². The molecule has 1 aliphatic rings. The first-order valence-corrected chi connectivity index (χ1v) is 12.1. The van der Waals surface area contributed by atoms with E-state index in [0.717, 1.165) is 52.0 Å². The van der Waals surface area contributed by atoms with E-state index in [1.807, 2.05) is 24.3 Å². The SMILES string of the molecule is Cc1cc(C)cc(-c2nc3ccc(NC(=O)C4CCCN4)cc3n2Cc2ccccc2Br)c1. The van der Waals surface area contributed by atoms with Crippen LogP contribution in [0.4, 0.5) is 5.69 Å². The van der Waals surface area contributed by atoms with Crippen LogP contribution in [0, 0.1) is 13.8 Å². The van der Waals surface area contributed by atoms with E-state index in [1.54, 1.807) is 0 Å². The van der Waals surface area contributed by atoms with Crippen LogP contribution < -0.4 is 10.6 Å². The molecule has 4 aromatic rings. The Balaban J connectivity index is 1.61. The molecule has 168 valence electrons. The van der Waals surface area contributed by atoms with Crippen LogP contribution in [0.25, 0.3) is 22.4 Å². The second-order valence-electron chi connectivity index (χ2n) is 8.83. The highest BCUT2D eigenvalue weighted by Gasteiger charge is 2.22. The number of halogens is 1. The van der Waals surface area contributed by atoms with Gasteiger partial charge in [-0.3, -0.25) is 4.79 Å². The highest BCUT2D eigenvalue weighted by Crippen LogP contribution is 2.30. The van der Waals surface area contributed by atoms with Gasteiger partial charge in [0.05, 0.1) is 23.6 Å². The van der Waals surface area contributed by atoms with Crippen LogP contribution in [0.1, 0.15) is 29.5 Å². The van der Waals surface area contributed by atoms with Crippen molar-refractivity contribution in [2.24, 2.45) is 0 Å². The van der Waals surface area contributed by atoms with Crippen LogP contribution in [-0.4, -0.2) is 28.0 Å². The number of aromatic nitrogens is 2. The maximum atomic E-state index is 12.7. The topological polar surface area (TPSA) is 59.0 Å².